The average Bonchev–Trinajstić information content (AvgIpc) is 3.69. The summed E-state index contributed by atoms with van der Waals surface area (Å²) in [6.45, 7) is 0.963. The Labute approximate surface area is 291 Å². The van der Waals surface area contributed by atoms with Gasteiger partial charge in [0.25, 0.3) is 5.91 Å². The topological polar surface area (TPSA) is 135 Å². The number of hydrogen-bond acceptors (Lipinski definition) is 6. The molecule has 2 amide bonds. The van der Waals surface area contributed by atoms with E-state index >= 15 is 0 Å². The number of imidazole rings is 2. The number of allylic oxidation sites excluding steroid dienone is 2. The molecule has 2 aromatic carbocycles. The highest BCUT2D eigenvalue weighted by atomic mass is 16.5. The number of fused-ring (bicyclic) bond motifs is 1. The maximum atomic E-state index is 14.7. The zero-order chi connectivity index (χ0) is 34.8. The third-order valence-corrected chi connectivity index (χ3v) is 10.8. The van der Waals surface area contributed by atoms with Crippen molar-refractivity contribution in [2.75, 3.05) is 33.4 Å². The second-order valence-corrected chi connectivity index (χ2v) is 13.9. The van der Waals surface area contributed by atoms with Crippen molar-refractivity contribution in [3.63, 3.8) is 0 Å². The van der Waals surface area contributed by atoms with Crippen LogP contribution < -0.4 is 5.69 Å². The Bertz CT molecular complexity index is 1940. The van der Waals surface area contributed by atoms with E-state index in [1.54, 1.807) is 22.9 Å². The molecule has 3 aliphatic rings. The van der Waals surface area contributed by atoms with E-state index in [0.717, 1.165) is 60.8 Å². The van der Waals surface area contributed by atoms with Crippen LogP contribution in [0.2, 0.25) is 0 Å². The predicted octanol–water partition coefficient (Wildman–Crippen LogP) is 5.47. The number of benzene rings is 2. The molecule has 2 N–H and O–H groups in total. The van der Waals surface area contributed by atoms with E-state index in [0.29, 0.717) is 31.5 Å². The molecule has 12 nitrogen and oxygen atoms in total. The fourth-order valence-corrected chi connectivity index (χ4v) is 8.34. The van der Waals surface area contributed by atoms with Crippen molar-refractivity contribution in [3.05, 3.63) is 83.2 Å². The van der Waals surface area contributed by atoms with Crippen molar-refractivity contribution in [1.82, 2.24) is 28.5 Å². The first-order valence-electron chi connectivity index (χ1n) is 17.8. The number of rotatable bonds is 9. The summed E-state index contributed by atoms with van der Waals surface area (Å²) in [6.07, 6.45) is 10.2. The third kappa shape index (κ3) is 6.26. The number of aromatic nitrogens is 4. The number of carboxylic acid groups (broad SMARTS) is 1. The van der Waals surface area contributed by atoms with Crippen molar-refractivity contribution in [2.45, 2.75) is 82.0 Å². The van der Waals surface area contributed by atoms with Gasteiger partial charge in [-0.15, -0.1) is 0 Å². The highest BCUT2D eigenvalue weighted by Gasteiger charge is 2.43. The van der Waals surface area contributed by atoms with E-state index in [-0.39, 0.29) is 49.6 Å². The van der Waals surface area contributed by atoms with Gasteiger partial charge in [-0.1, -0.05) is 61.4 Å². The van der Waals surface area contributed by atoms with Crippen LogP contribution in [0.1, 0.15) is 74.3 Å². The molecular formula is C38H46N6O6. The lowest BCUT2D eigenvalue weighted by Gasteiger charge is -2.41. The smallest absolute Gasteiger partial charge is 0.407 e. The Morgan fingerprint density at radius 2 is 1.78 bits per heavy atom. The lowest BCUT2D eigenvalue weighted by atomic mass is 9.80. The Balaban J connectivity index is 1.24. The van der Waals surface area contributed by atoms with Gasteiger partial charge in [-0.05, 0) is 57.1 Å². The number of aliphatic hydroxyl groups is 1. The average molecular weight is 683 g/mol. The second-order valence-electron chi connectivity index (χ2n) is 13.9. The molecule has 2 fully saturated rings. The van der Waals surface area contributed by atoms with Gasteiger partial charge in [-0.3, -0.25) is 13.9 Å². The summed E-state index contributed by atoms with van der Waals surface area (Å²) in [5.74, 6) is -0.300. The predicted molar refractivity (Wildman–Crippen MR) is 190 cm³/mol. The molecule has 2 aliphatic carbocycles. The van der Waals surface area contributed by atoms with Gasteiger partial charge in [0.05, 0.1) is 41.7 Å². The van der Waals surface area contributed by atoms with Crippen LogP contribution in [0.15, 0.2) is 71.8 Å². The summed E-state index contributed by atoms with van der Waals surface area (Å²) in [6, 6.07) is 16.5. The van der Waals surface area contributed by atoms with Gasteiger partial charge >= 0.3 is 11.8 Å². The van der Waals surface area contributed by atoms with Gasteiger partial charge in [-0.2, -0.15) is 0 Å². The number of amides is 2. The van der Waals surface area contributed by atoms with Crippen LogP contribution in [0.25, 0.3) is 28.0 Å². The van der Waals surface area contributed by atoms with E-state index in [1.165, 1.54) is 4.90 Å². The van der Waals surface area contributed by atoms with Gasteiger partial charge in [0, 0.05) is 44.5 Å². The van der Waals surface area contributed by atoms with Crippen molar-refractivity contribution in [1.29, 1.82) is 0 Å². The maximum Gasteiger partial charge on any atom is 0.407 e. The van der Waals surface area contributed by atoms with Gasteiger partial charge in [0.2, 0.25) is 0 Å². The van der Waals surface area contributed by atoms with Crippen LogP contribution in [0.3, 0.4) is 0 Å². The molecule has 12 heteroatoms. The minimum atomic E-state index is -1.12. The van der Waals surface area contributed by atoms with Crippen molar-refractivity contribution in [3.8, 4) is 11.3 Å². The Hall–Kier alpha value is -4.68. The summed E-state index contributed by atoms with van der Waals surface area (Å²) in [4.78, 5) is 48.6. The van der Waals surface area contributed by atoms with Crippen LogP contribution in [0.4, 0.5) is 4.79 Å². The number of hydrogen-bond donors (Lipinski definition) is 2. The van der Waals surface area contributed by atoms with E-state index in [2.05, 4.69) is 6.08 Å². The number of carbonyl (C=O) groups excluding carboxylic acids is 1. The molecule has 1 aliphatic heterocycles. The maximum absolute atomic E-state index is 14.7. The molecule has 4 aromatic rings. The second kappa shape index (κ2) is 14.3. The standard InChI is InChI=1S/C38H46N6O6/c1-50-25-38(49)20-11-10-18-32(38)43-26-39-33(34(43)27-12-4-2-5-13-27)35(45)41-23-22-40(37(47)48)24-29(41)19-21-42-30-16-8-9-17-31(30)44(36(42)46)28-14-6-3-7-15-28/h2,4-5,8-9,12-14,16-17,26,29,32,49H,3,6-7,10-11,15,18-25H2,1H3,(H,47,48)/t29-,32-,38-/m1/s1. The van der Waals surface area contributed by atoms with E-state index in [4.69, 9.17) is 9.72 Å². The monoisotopic (exact) mass is 682 g/mol. The molecular weight excluding hydrogens is 636 g/mol. The SMILES string of the molecule is COC[C@]1(O)CCCC[C@H]1n1cnc(C(=O)N2CCN(C(=O)O)C[C@H]2CCn2c(=O)n(C3=CCCCC3)c3ccccc32)c1-c1ccccc1. The molecule has 264 valence electrons. The van der Waals surface area contributed by atoms with Crippen LogP contribution >= 0.6 is 0 Å². The molecule has 50 heavy (non-hydrogen) atoms. The molecule has 2 aromatic heterocycles. The van der Waals surface area contributed by atoms with Crippen LogP contribution in [-0.4, -0.2) is 95.7 Å². The number of ether oxygens (including phenoxy) is 1. The number of para-hydroxylation sites is 2. The zero-order valence-corrected chi connectivity index (χ0v) is 28.6. The van der Waals surface area contributed by atoms with Crippen LogP contribution in [0.5, 0.6) is 0 Å². The minimum absolute atomic E-state index is 0.121. The summed E-state index contributed by atoms with van der Waals surface area (Å²) >= 11 is 0. The Morgan fingerprint density at radius 1 is 1.00 bits per heavy atom. The van der Waals surface area contributed by atoms with Gasteiger partial charge in [0.15, 0.2) is 5.69 Å². The molecule has 0 unspecified atom stereocenters. The largest absolute Gasteiger partial charge is 0.465 e. The van der Waals surface area contributed by atoms with Crippen LogP contribution in [0, 0.1) is 0 Å². The van der Waals surface area contributed by atoms with Crippen molar-refractivity contribution in [2.24, 2.45) is 0 Å². The summed E-state index contributed by atoms with van der Waals surface area (Å²) in [5.41, 5.74) is 3.12. The third-order valence-electron chi connectivity index (χ3n) is 10.8. The van der Waals surface area contributed by atoms with Gasteiger partial charge in [0.1, 0.15) is 5.60 Å². The minimum Gasteiger partial charge on any atom is -0.465 e. The zero-order valence-electron chi connectivity index (χ0n) is 28.6. The normalized spacial score (nSPS) is 22.9. The van der Waals surface area contributed by atoms with Crippen LogP contribution in [-0.2, 0) is 11.3 Å². The molecule has 1 saturated heterocycles. The quantitative estimate of drug-likeness (QED) is 0.239. The van der Waals surface area contributed by atoms with Crippen molar-refractivity contribution >= 4 is 28.7 Å². The van der Waals surface area contributed by atoms with E-state index in [9.17, 15) is 24.6 Å². The summed E-state index contributed by atoms with van der Waals surface area (Å²) in [5, 5.41) is 21.7. The van der Waals surface area contributed by atoms with E-state index < -0.39 is 17.7 Å². The number of piperazine rings is 1. The lowest BCUT2D eigenvalue weighted by Crippen LogP contribution is -2.56. The fraction of sp³-hybridized carbons (Fsp3) is 0.474. The van der Waals surface area contributed by atoms with E-state index in [1.807, 2.05) is 63.7 Å². The first kappa shape index (κ1) is 33.8. The molecule has 3 heterocycles. The highest BCUT2D eigenvalue weighted by Crippen LogP contribution is 2.41. The molecule has 0 radical (unpaired) electrons. The molecule has 7 rings (SSSR count). The molecule has 0 spiro atoms. The Morgan fingerprint density at radius 3 is 2.52 bits per heavy atom. The number of aryl methyl sites for hydroxylation is 1. The highest BCUT2D eigenvalue weighted by molar-refractivity contribution is 5.98. The molecule has 3 atom stereocenters. The van der Waals surface area contributed by atoms with Gasteiger partial charge in [-0.25, -0.2) is 14.6 Å². The number of carbonyl (C=O) groups is 2. The Kier molecular flexibility index (Phi) is 9.65. The molecule has 1 saturated carbocycles. The fourth-order valence-electron chi connectivity index (χ4n) is 8.34. The van der Waals surface area contributed by atoms with Crippen molar-refractivity contribution < 1.29 is 24.5 Å². The number of methoxy groups -OCH3 is 1. The summed E-state index contributed by atoms with van der Waals surface area (Å²) < 4.78 is 11.0. The van der Waals surface area contributed by atoms with Gasteiger partial charge < -0.3 is 29.3 Å². The first-order chi connectivity index (χ1) is 24.3. The molecule has 0 bridgehead atoms. The lowest BCUT2D eigenvalue weighted by molar-refractivity contribution is -0.0893. The summed E-state index contributed by atoms with van der Waals surface area (Å²) in [7, 11) is 1.58. The first-order valence-corrected chi connectivity index (χ1v) is 17.8. The number of nitrogens with zero attached hydrogens (tertiary/aromatic N) is 6.